The highest BCUT2D eigenvalue weighted by Gasteiger charge is 2.29. The largest absolute Gasteiger partial charge is 0.493 e. The Morgan fingerprint density at radius 2 is 2.44 bits per heavy atom. The van der Waals surface area contributed by atoms with Crippen molar-refractivity contribution >= 4 is 23.5 Å². The molecule has 0 aromatic carbocycles. The molecule has 1 aliphatic rings. The van der Waals surface area contributed by atoms with Crippen molar-refractivity contribution in [3.63, 3.8) is 0 Å². The lowest BCUT2D eigenvalue weighted by atomic mass is 10.2. The summed E-state index contributed by atoms with van der Waals surface area (Å²) in [6, 6.07) is 0. The summed E-state index contributed by atoms with van der Waals surface area (Å²) in [7, 11) is 1.63. The van der Waals surface area contributed by atoms with Crippen molar-refractivity contribution in [1.82, 2.24) is 9.78 Å². The first-order valence-corrected chi connectivity index (χ1v) is 8.45. The van der Waals surface area contributed by atoms with E-state index in [1.54, 1.807) is 13.3 Å². The number of aliphatic hydroxyl groups is 1. The third kappa shape index (κ3) is 2.97. The average Bonchev–Trinajstić information content (AvgIpc) is 2.82. The second-order valence-corrected chi connectivity index (χ2v) is 6.75. The maximum Gasteiger partial charge on any atom is 0.162 e. The molecule has 2 heterocycles. The van der Waals surface area contributed by atoms with Crippen molar-refractivity contribution in [3.8, 4) is 5.75 Å². The lowest BCUT2D eigenvalue weighted by Gasteiger charge is -2.26. The Morgan fingerprint density at radius 1 is 1.61 bits per heavy atom. The van der Waals surface area contributed by atoms with E-state index in [0.717, 1.165) is 30.2 Å². The van der Waals surface area contributed by atoms with Crippen LogP contribution in [0.3, 0.4) is 0 Å². The first-order valence-electron chi connectivity index (χ1n) is 6.25. The van der Waals surface area contributed by atoms with E-state index >= 15 is 0 Å². The van der Waals surface area contributed by atoms with Crippen LogP contribution in [0.4, 0.5) is 0 Å². The zero-order valence-corrected chi connectivity index (χ0v) is 12.5. The summed E-state index contributed by atoms with van der Waals surface area (Å²) in [5, 5.41) is 15.1. The molecule has 102 valence electrons. The van der Waals surface area contributed by atoms with Gasteiger partial charge in [-0.3, -0.25) is 4.68 Å². The Bertz CT molecular complexity index is 378. The summed E-state index contributed by atoms with van der Waals surface area (Å²) in [6.07, 6.45) is 2.21. The van der Waals surface area contributed by atoms with Gasteiger partial charge in [0.25, 0.3) is 0 Å². The van der Waals surface area contributed by atoms with E-state index in [-0.39, 0.29) is 5.25 Å². The number of aryl methyl sites for hydroxylation is 1. The van der Waals surface area contributed by atoms with Crippen LogP contribution in [0.2, 0.25) is 0 Å². The van der Waals surface area contributed by atoms with Crippen LogP contribution >= 0.6 is 23.5 Å². The Labute approximate surface area is 116 Å². The fourth-order valence-electron chi connectivity index (χ4n) is 2.09. The quantitative estimate of drug-likeness (QED) is 0.900. The molecular formula is C12H20N2O2S2. The highest BCUT2D eigenvalue weighted by molar-refractivity contribution is 8.06. The summed E-state index contributed by atoms with van der Waals surface area (Å²) in [5.74, 6) is 3.98. The normalized spacial score (nSPS) is 21.8. The van der Waals surface area contributed by atoms with Crippen LogP contribution in [0.1, 0.15) is 25.1 Å². The number of aromatic nitrogens is 2. The number of rotatable bonds is 5. The molecule has 2 unspecified atom stereocenters. The van der Waals surface area contributed by atoms with Gasteiger partial charge in [0, 0.05) is 29.1 Å². The van der Waals surface area contributed by atoms with Gasteiger partial charge in [0.2, 0.25) is 0 Å². The van der Waals surface area contributed by atoms with Gasteiger partial charge >= 0.3 is 0 Å². The average molecular weight is 288 g/mol. The second kappa shape index (κ2) is 6.73. The topological polar surface area (TPSA) is 47.3 Å². The van der Waals surface area contributed by atoms with Crippen molar-refractivity contribution in [3.05, 3.63) is 11.9 Å². The molecule has 6 heteroatoms. The van der Waals surface area contributed by atoms with Crippen molar-refractivity contribution < 1.29 is 9.84 Å². The summed E-state index contributed by atoms with van der Waals surface area (Å²) in [6.45, 7) is 2.93. The Kier molecular flexibility index (Phi) is 5.26. The van der Waals surface area contributed by atoms with Crippen LogP contribution in [0.25, 0.3) is 0 Å². The number of thioether (sulfide) groups is 2. The minimum absolute atomic E-state index is 0.241. The van der Waals surface area contributed by atoms with E-state index in [1.165, 1.54) is 5.75 Å². The number of nitrogens with zero attached hydrogens (tertiary/aromatic N) is 2. The van der Waals surface area contributed by atoms with E-state index in [1.807, 2.05) is 28.2 Å². The molecule has 1 fully saturated rings. The van der Waals surface area contributed by atoms with Crippen molar-refractivity contribution in [2.75, 3.05) is 24.4 Å². The van der Waals surface area contributed by atoms with E-state index < -0.39 is 6.10 Å². The highest BCUT2D eigenvalue weighted by Crippen LogP contribution is 2.36. The van der Waals surface area contributed by atoms with Gasteiger partial charge < -0.3 is 9.84 Å². The van der Waals surface area contributed by atoms with Gasteiger partial charge in [0.05, 0.1) is 13.3 Å². The Morgan fingerprint density at radius 3 is 3.06 bits per heavy atom. The van der Waals surface area contributed by atoms with E-state index in [4.69, 9.17) is 4.74 Å². The first-order chi connectivity index (χ1) is 8.77. The SMILES string of the molecule is CCCn1ncc(OC)c1C(O)C1CSCCS1. The molecule has 1 saturated heterocycles. The number of hydrogen-bond donors (Lipinski definition) is 1. The third-order valence-corrected chi connectivity index (χ3v) is 5.82. The number of methoxy groups -OCH3 is 1. The van der Waals surface area contributed by atoms with Crippen LogP contribution in [-0.4, -0.2) is 44.5 Å². The summed E-state index contributed by atoms with van der Waals surface area (Å²) < 4.78 is 7.20. The second-order valence-electron chi connectivity index (χ2n) is 4.25. The molecule has 4 nitrogen and oxygen atoms in total. The van der Waals surface area contributed by atoms with Gasteiger partial charge in [-0.2, -0.15) is 28.6 Å². The molecule has 0 radical (unpaired) electrons. The van der Waals surface area contributed by atoms with Gasteiger partial charge in [0.1, 0.15) is 11.8 Å². The highest BCUT2D eigenvalue weighted by atomic mass is 32.2. The van der Waals surface area contributed by atoms with Gasteiger partial charge in [-0.05, 0) is 6.42 Å². The van der Waals surface area contributed by atoms with Crippen LogP contribution in [0.15, 0.2) is 6.20 Å². The minimum Gasteiger partial charge on any atom is -0.493 e. The van der Waals surface area contributed by atoms with Gasteiger partial charge in [-0.25, -0.2) is 0 Å². The fourth-order valence-corrected chi connectivity index (χ4v) is 4.81. The maximum absolute atomic E-state index is 10.6. The lowest BCUT2D eigenvalue weighted by Crippen LogP contribution is -2.25. The molecule has 2 rings (SSSR count). The first kappa shape index (κ1) is 14.1. The molecular weight excluding hydrogens is 268 g/mol. The Hall–Kier alpha value is -0.330. The van der Waals surface area contributed by atoms with Gasteiger partial charge in [-0.15, -0.1) is 0 Å². The lowest BCUT2D eigenvalue weighted by molar-refractivity contribution is 0.164. The molecule has 2 atom stereocenters. The molecule has 0 amide bonds. The monoisotopic (exact) mass is 288 g/mol. The van der Waals surface area contributed by atoms with E-state index in [2.05, 4.69) is 12.0 Å². The molecule has 0 spiro atoms. The molecule has 1 N–H and O–H groups in total. The Balaban J connectivity index is 2.20. The molecule has 0 aliphatic carbocycles. The predicted molar refractivity (Wildman–Crippen MR) is 77.6 cm³/mol. The van der Waals surface area contributed by atoms with E-state index in [9.17, 15) is 5.11 Å². The van der Waals surface area contributed by atoms with Crippen LogP contribution < -0.4 is 4.74 Å². The van der Waals surface area contributed by atoms with Gasteiger partial charge in [0.15, 0.2) is 5.75 Å². The molecule has 0 saturated carbocycles. The maximum atomic E-state index is 10.6. The number of aliphatic hydroxyl groups excluding tert-OH is 1. The fraction of sp³-hybridized carbons (Fsp3) is 0.750. The summed E-state index contributed by atoms with van der Waals surface area (Å²) in [4.78, 5) is 0. The molecule has 1 aromatic rings. The smallest absolute Gasteiger partial charge is 0.162 e. The van der Waals surface area contributed by atoms with Crippen LogP contribution in [-0.2, 0) is 6.54 Å². The summed E-state index contributed by atoms with van der Waals surface area (Å²) >= 11 is 3.76. The van der Waals surface area contributed by atoms with Crippen molar-refractivity contribution in [2.24, 2.45) is 0 Å². The summed E-state index contributed by atoms with van der Waals surface area (Å²) in [5.41, 5.74) is 0.833. The molecule has 1 aromatic heterocycles. The molecule has 1 aliphatic heterocycles. The zero-order valence-electron chi connectivity index (χ0n) is 10.8. The third-order valence-electron chi connectivity index (χ3n) is 2.97. The molecule has 0 bridgehead atoms. The zero-order chi connectivity index (χ0) is 13.0. The van der Waals surface area contributed by atoms with Crippen molar-refractivity contribution in [1.29, 1.82) is 0 Å². The number of hydrogen-bond acceptors (Lipinski definition) is 5. The minimum atomic E-state index is -0.494. The van der Waals surface area contributed by atoms with Crippen LogP contribution in [0, 0.1) is 0 Å². The number of ether oxygens (including phenoxy) is 1. The predicted octanol–water partition coefficient (Wildman–Crippen LogP) is 2.18. The van der Waals surface area contributed by atoms with Crippen LogP contribution in [0.5, 0.6) is 5.75 Å². The van der Waals surface area contributed by atoms with Gasteiger partial charge in [-0.1, -0.05) is 6.92 Å². The van der Waals surface area contributed by atoms with Crippen molar-refractivity contribution in [2.45, 2.75) is 31.2 Å². The van der Waals surface area contributed by atoms with E-state index in [0.29, 0.717) is 5.75 Å². The standard InChI is InChI=1S/C12H20N2O2S2/c1-3-4-14-11(9(16-2)7-13-14)12(15)10-8-17-5-6-18-10/h7,10,12,15H,3-6,8H2,1-2H3. The molecule has 18 heavy (non-hydrogen) atoms.